The largest absolute Gasteiger partial charge is 0.193 e. The quantitative estimate of drug-likeness (QED) is 0.611. The van der Waals surface area contributed by atoms with E-state index in [4.69, 9.17) is 5.26 Å². The molecular formula is C9H10BrN. The second-order valence-corrected chi connectivity index (χ2v) is 3.56. The highest BCUT2D eigenvalue weighted by Crippen LogP contribution is 2.29. The summed E-state index contributed by atoms with van der Waals surface area (Å²) in [5, 5.41) is 8.31. The highest BCUT2D eigenvalue weighted by molar-refractivity contribution is 9.11. The average Bonchev–Trinajstić information content (AvgIpc) is 2.03. The predicted octanol–water partition coefficient (Wildman–Crippen LogP) is 3.29. The van der Waals surface area contributed by atoms with Gasteiger partial charge in [-0.15, -0.1) is 0 Å². The molecule has 0 saturated carbocycles. The van der Waals surface area contributed by atoms with Gasteiger partial charge in [0.15, 0.2) is 0 Å². The molecule has 11 heavy (non-hydrogen) atoms. The first-order valence-electron chi connectivity index (χ1n) is 3.78. The monoisotopic (exact) mass is 211 g/mol. The standard InChI is InChI=1S/C9H10BrN/c10-9-6-2-1-4-8(9)5-3-7-11/h3,5H,1-2,4,6H2/b5-3-. The molecule has 0 amide bonds. The van der Waals surface area contributed by atoms with Crippen molar-refractivity contribution in [3.8, 4) is 6.07 Å². The lowest BCUT2D eigenvalue weighted by molar-refractivity contribution is 0.707. The number of nitriles is 1. The fraction of sp³-hybridized carbons (Fsp3) is 0.444. The fourth-order valence-electron chi connectivity index (χ4n) is 1.20. The van der Waals surface area contributed by atoms with Crippen LogP contribution in [0.5, 0.6) is 0 Å². The molecule has 0 fully saturated rings. The minimum Gasteiger partial charge on any atom is -0.193 e. The van der Waals surface area contributed by atoms with Crippen LogP contribution >= 0.6 is 15.9 Å². The van der Waals surface area contributed by atoms with E-state index in [1.165, 1.54) is 22.9 Å². The lowest BCUT2D eigenvalue weighted by Gasteiger charge is -2.12. The van der Waals surface area contributed by atoms with Crippen LogP contribution in [-0.4, -0.2) is 0 Å². The molecule has 0 bridgehead atoms. The summed E-state index contributed by atoms with van der Waals surface area (Å²) in [6.07, 6.45) is 8.21. The summed E-state index contributed by atoms with van der Waals surface area (Å²) in [5.41, 5.74) is 1.29. The molecule has 1 nitrogen and oxygen atoms in total. The summed E-state index contributed by atoms with van der Waals surface area (Å²) in [6, 6.07) is 2.00. The van der Waals surface area contributed by atoms with Crippen molar-refractivity contribution in [3.63, 3.8) is 0 Å². The predicted molar refractivity (Wildman–Crippen MR) is 49.2 cm³/mol. The van der Waals surface area contributed by atoms with E-state index in [0.717, 1.165) is 12.8 Å². The third-order valence-electron chi connectivity index (χ3n) is 1.80. The topological polar surface area (TPSA) is 23.8 Å². The first-order valence-corrected chi connectivity index (χ1v) is 4.57. The van der Waals surface area contributed by atoms with E-state index in [2.05, 4.69) is 15.9 Å². The van der Waals surface area contributed by atoms with Crippen LogP contribution in [0.15, 0.2) is 22.2 Å². The van der Waals surface area contributed by atoms with Crippen molar-refractivity contribution in [2.45, 2.75) is 25.7 Å². The molecule has 2 heteroatoms. The normalized spacial score (nSPS) is 18.9. The molecule has 0 aromatic heterocycles. The van der Waals surface area contributed by atoms with Gasteiger partial charge in [-0.05, 0) is 41.8 Å². The van der Waals surface area contributed by atoms with Crippen molar-refractivity contribution < 1.29 is 0 Å². The van der Waals surface area contributed by atoms with Crippen molar-refractivity contribution in [1.82, 2.24) is 0 Å². The number of allylic oxidation sites excluding steroid dienone is 4. The highest BCUT2D eigenvalue weighted by atomic mass is 79.9. The van der Waals surface area contributed by atoms with Gasteiger partial charge in [-0.1, -0.05) is 15.9 Å². The van der Waals surface area contributed by atoms with Crippen LogP contribution in [0, 0.1) is 11.3 Å². The summed E-state index contributed by atoms with van der Waals surface area (Å²) in [6.45, 7) is 0. The molecule has 1 aliphatic rings. The average molecular weight is 212 g/mol. The molecule has 0 unspecified atom stereocenters. The molecule has 0 aromatic carbocycles. The maximum atomic E-state index is 8.31. The summed E-state index contributed by atoms with van der Waals surface area (Å²) in [4.78, 5) is 0. The van der Waals surface area contributed by atoms with Gasteiger partial charge in [0, 0.05) is 6.08 Å². The van der Waals surface area contributed by atoms with Crippen LogP contribution in [0.4, 0.5) is 0 Å². The molecular weight excluding hydrogens is 202 g/mol. The molecule has 0 aromatic rings. The second kappa shape index (κ2) is 4.35. The van der Waals surface area contributed by atoms with Crippen LogP contribution in [0.3, 0.4) is 0 Å². The van der Waals surface area contributed by atoms with Gasteiger partial charge in [-0.2, -0.15) is 5.26 Å². The fourth-order valence-corrected chi connectivity index (χ4v) is 1.81. The Morgan fingerprint density at radius 3 is 2.73 bits per heavy atom. The lowest BCUT2D eigenvalue weighted by atomic mass is 9.99. The molecule has 1 rings (SSSR count). The van der Waals surface area contributed by atoms with E-state index in [0.29, 0.717) is 0 Å². The maximum absolute atomic E-state index is 8.31. The van der Waals surface area contributed by atoms with Gasteiger partial charge in [0.1, 0.15) is 0 Å². The summed E-state index contributed by atoms with van der Waals surface area (Å²) < 4.78 is 1.27. The van der Waals surface area contributed by atoms with Crippen LogP contribution in [0.1, 0.15) is 25.7 Å². The van der Waals surface area contributed by atoms with Crippen molar-refractivity contribution in [1.29, 1.82) is 5.26 Å². The smallest absolute Gasteiger partial charge is 0.0912 e. The molecule has 0 aliphatic heterocycles. The Bertz CT molecular complexity index is 232. The zero-order valence-electron chi connectivity index (χ0n) is 6.31. The number of halogens is 1. The van der Waals surface area contributed by atoms with Gasteiger partial charge >= 0.3 is 0 Å². The van der Waals surface area contributed by atoms with Gasteiger partial charge in [0.2, 0.25) is 0 Å². The van der Waals surface area contributed by atoms with E-state index in [-0.39, 0.29) is 0 Å². The SMILES string of the molecule is N#C/C=C\C1=C(Br)CCCC1. The van der Waals surface area contributed by atoms with Gasteiger partial charge < -0.3 is 0 Å². The lowest BCUT2D eigenvalue weighted by Crippen LogP contribution is -1.92. The van der Waals surface area contributed by atoms with Crippen molar-refractivity contribution in [2.75, 3.05) is 0 Å². The summed E-state index contributed by atoms with van der Waals surface area (Å²) >= 11 is 3.50. The van der Waals surface area contributed by atoms with Gasteiger partial charge in [-0.25, -0.2) is 0 Å². The van der Waals surface area contributed by atoms with Crippen molar-refractivity contribution in [2.24, 2.45) is 0 Å². The van der Waals surface area contributed by atoms with E-state index in [1.54, 1.807) is 6.08 Å². The zero-order valence-corrected chi connectivity index (χ0v) is 7.89. The third kappa shape index (κ3) is 2.51. The molecule has 0 radical (unpaired) electrons. The van der Waals surface area contributed by atoms with E-state index < -0.39 is 0 Å². The van der Waals surface area contributed by atoms with Gasteiger partial charge in [0.25, 0.3) is 0 Å². The number of hydrogen-bond donors (Lipinski definition) is 0. The van der Waals surface area contributed by atoms with Crippen LogP contribution in [0.2, 0.25) is 0 Å². The Morgan fingerprint density at radius 1 is 1.36 bits per heavy atom. The van der Waals surface area contributed by atoms with Crippen LogP contribution in [0.25, 0.3) is 0 Å². The molecule has 58 valence electrons. The number of nitrogens with zero attached hydrogens (tertiary/aromatic N) is 1. The third-order valence-corrected chi connectivity index (χ3v) is 2.71. The summed E-state index contributed by atoms with van der Waals surface area (Å²) in [7, 11) is 0. The first-order chi connectivity index (χ1) is 5.34. The Balaban J connectivity index is 2.68. The van der Waals surface area contributed by atoms with E-state index in [1.807, 2.05) is 12.1 Å². The molecule has 0 atom stereocenters. The van der Waals surface area contributed by atoms with Crippen molar-refractivity contribution in [3.05, 3.63) is 22.2 Å². The molecule has 0 heterocycles. The van der Waals surface area contributed by atoms with E-state index >= 15 is 0 Å². The summed E-state index contributed by atoms with van der Waals surface area (Å²) in [5.74, 6) is 0. The molecule has 0 N–H and O–H groups in total. The Labute approximate surface area is 75.5 Å². The molecule has 0 saturated heterocycles. The van der Waals surface area contributed by atoms with E-state index in [9.17, 15) is 0 Å². The number of rotatable bonds is 1. The van der Waals surface area contributed by atoms with Gasteiger partial charge in [-0.3, -0.25) is 0 Å². The van der Waals surface area contributed by atoms with Crippen LogP contribution < -0.4 is 0 Å². The molecule has 1 aliphatic carbocycles. The van der Waals surface area contributed by atoms with Crippen molar-refractivity contribution >= 4 is 15.9 Å². The zero-order chi connectivity index (χ0) is 8.10. The Morgan fingerprint density at radius 2 is 2.09 bits per heavy atom. The van der Waals surface area contributed by atoms with Crippen LogP contribution in [-0.2, 0) is 0 Å². The number of hydrogen-bond acceptors (Lipinski definition) is 1. The highest BCUT2D eigenvalue weighted by Gasteiger charge is 2.06. The maximum Gasteiger partial charge on any atom is 0.0912 e. The molecule has 0 spiro atoms. The Kier molecular flexibility index (Phi) is 3.38. The minimum atomic E-state index is 1.11. The Hall–Kier alpha value is -0.550. The second-order valence-electron chi connectivity index (χ2n) is 2.60. The first kappa shape index (κ1) is 8.55. The minimum absolute atomic E-state index is 1.11. The van der Waals surface area contributed by atoms with Gasteiger partial charge in [0.05, 0.1) is 6.07 Å².